The van der Waals surface area contributed by atoms with Crippen molar-refractivity contribution in [1.29, 1.82) is 0 Å². The van der Waals surface area contributed by atoms with Crippen molar-refractivity contribution >= 4 is 17.3 Å². The summed E-state index contributed by atoms with van der Waals surface area (Å²) >= 11 is 0. The summed E-state index contributed by atoms with van der Waals surface area (Å²) in [7, 11) is 0. The Balaban J connectivity index is 1.89. The van der Waals surface area contributed by atoms with Crippen LogP contribution in [0.3, 0.4) is 0 Å². The van der Waals surface area contributed by atoms with Gasteiger partial charge in [0.2, 0.25) is 0 Å². The number of nitrogens with zero attached hydrogens (tertiary/aromatic N) is 2. The van der Waals surface area contributed by atoms with Gasteiger partial charge in [-0.25, -0.2) is 5.10 Å². The van der Waals surface area contributed by atoms with Crippen LogP contribution in [0.5, 0.6) is 5.75 Å². The van der Waals surface area contributed by atoms with E-state index in [0.29, 0.717) is 22.4 Å². The summed E-state index contributed by atoms with van der Waals surface area (Å²) in [4.78, 5) is 36.4. The highest BCUT2D eigenvalue weighted by atomic mass is 16.6. The zero-order valence-electron chi connectivity index (χ0n) is 16.5. The number of non-ortho nitro benzene ring substituents is 1. The minimum atomic E-state index is -0.847. The number of anilines is 1. The summed E-state index contributed by atoms with van der Waals surface area (Å²) in [5.41, 5.74) is 0.429. The van der Waals surface area contributed by atoms with E-state index in [1.165, 1.54) is 0 Å². The van der Waals surface area contributed by atoms with Crippen molar-refractivity contribution in [2.24, 2.45) is 0 Å². The van der Waals surface area contributed by atoms with Gasteiger partial charge in [-0.2, -0.15) is 5.10 Å². The molecule has 0 atom stereocenters. The second-order valence-electron chi connectivity index (χ2n) is 6.80. The average Bonchev–Trinajstić information content (AvgIpc) is 2.81. The first kappa shape index (κ1) is 20.5. The molecule has 0 aliphatic carbocycles. The SMILES string of the molecule is O=C(Nc1cc([N+](=O)[O-])ccc1O)c1c(-c2ccccc2)c(-c2ccccc2)n[nH]c1=O. The maximum absolute atomic E-state index is 13.2. The van der Waals surface area contributed by atoms with E-state index in [1.807, 2.05) is 6.07 Å². The summed E-state index contributed by atoms with van der Waals surface area (Å²) in [5.74, 6) is -1.22. The van der Waals surface area contributed by atoms with Crippen molar-refractivity contribution < 1.29 is 14.8 Å². The van der Waals surface area contributed by atoms with E-state index in [2.05, 4.69) is 15.5 Å². The molecule has 0 radical (unpaired) electrons. The molecule has 1 aromatic heterocycles. The molecule has 0 aliphatic heterocycles. The maximum Gasteiger partial charge on any atom is 0.277 e. The Morgan fingerprint density at radius 1 is 0.969 bits per heavy atom. The maximum atomic E-state index is 13.2. The second kappa shape index (κ2) is 8.52. The first-order chi connectivity index (χ1) is 15.5. The lowest BCUT2D eigenvalue weighted by Gasteiger charge is -2.14. The Kier molecular flexibility index (Phi) is 5.45. The van der Waals surface area contributed by atoms with Gasteiger partial charge in [-0.05, 0) is 11.6 Å². The molecule has 0 aliphatic rings. The van der Waals surface area contributed by atoms with Gasteiger partial charge in [0.1, 0.15) is 11.3 Å². The highest BCUT2D eigenvalue weighted by molar-refractivity contribution is 6.10. The van der Waals surface area contributed by atoms with E-state index in [-0.39, 0.29) is 22.7 Å². The van der Waals surface area contributed by atoms with Crippen molar-refractivity contribution in [3.05, 3.63) is 105 Å². The third kappa shape index (κ3) is 3.94. The zero-order valence-corrected chi connectivity index (χ0v) is 16.5. The smallest absolute Gasteiger partial charge is 0.277 e. The average molecular weight is 428 g/mol. The molecule has 0 saturated heterocycles. The van der Waals surface area contributed by atoms with Gasteiger partial charge in [-0.3, -0.25) is 19.7 Å². The number of rotatable bonds is 5. The number of hydrogen-bond acceptors (Lipinski definition) is 6. The van der Waals surface area contributed by atoms with Crippen LogP contribution in [-0.4, -0.2) is 26.1 Å². The number of nitro benzene ring substituents is 1. The fourth-order valence-electron chi connectivity index (χ4n) is 3.28. The van der Waals surface area contributed by atoms with Crippen LogP contribution in [0.25, 0.3) is 22.4 Å². The zero-order chi connectivity index (χ0) is 22.7. The van der Waals surface area contributed by atoms with E-state index in [0.717, 1.165) is 18.2 Å². The number of aromatic amines is 1. The lowest BCUT2D eigenvalue weighted by Crippen LogP contribution is -2.26. The molecule has 0 spiro atoms. The van der Waals surface area contributed by atoms with Gasteiger partial charge in [0.25, 0.3) is 17.2 Å². The third-order valence-electron chi connectivity index (χ3n) is 4.76. The molecule has 0 saturated carbocycles. The Hall–Kier alpha value is -4.79. The number of aromatic nitrogens is 2. The number of H-pyrrole nitrogens is 1. The van der Waals surface area contributed by atoms with Gasteiger partial charge >= 0.3 is 0 Å². The van der Waals surface area contributed by atoms with Crippen LogP contribution in [0, 0.1) is 10.1 Å². The number of hydrogen-bond donors (Lipinski definition) is 3. The summed E-state index contributed by atoms with van der Waals surface area (Å²) in [6.07, 6.45) is 0. The third-order valence-corrected chi connectivity index (χ3v) is 4.76. The Morgan fingerprint density at radius 2 is 1.59 bits per heavy atom. The van der Waals surface area contributed by atoms with Gasteiger partial charge in [0, 0.05) is 23.3 Å². The van der Waals surface area contributed by atoms with Gasteiger partial charge in [0.05, 0.1) is 16.3 Å². The second-order valence-corrected chi connectivity index (χ2v) is 6.80. The van der Waals surface area contributed by atoms with Crippen LogP contribution >= 0.6 is 0 Å². The number of phenolic OH excluding ortho intramolecular Hbond substituents is 1. The highest BCUT2D eigenvalue weighted by Crippen LogP contribution is 2.33. The van der Waals surface area contributed by atoms with E-state index in [9.17, 15) is 24.8 Å². The summed E-state index contributed by atoms with van der Waals surface area (Å²) in [5, 5.41) is 30.1. The number of amides is 1. The molecule has 0 fully saturated rings. The van der Waals surface area contributed by atoms with E-state index in [1.54, 1.807) is 54.6 Å². The molecule has 9 nitrogen and oxygen atoms in total. The molecule has 1 heterocycles. The fourth-order valence-corrected chi connectivity index (χ4v) is 3.28. The largest absolute Gasteiger partial charge is 0.506 e. The molecule has 4 aromatic rings. The molecule has 0 unspecified atom stereocenters. The molecule has 3 N–H and O–H groups in total. The van der Waals surface area contributed by atoms with E-state index in [4.69, 9.17) is 0 Å². The normalized spacial score (nSPS) is 10.5. The van der Waals surface area contributed by atoms with Gasteiger partial charge in [0.15, 0.2) is 0 Å². The number of nitro groups is 1. The molecule has 9 heteroatoms. The lowest BCUT2D eigenvalue weighted by molar-refractivity contribution is -0.384. The number of benzene rings is 3. The molecule has 1 amide bonds. The van der Waals surface area contributed by atoms with Crippen molar-refractivity contribution in [2.75, 3.05) is 5.32 Å². The monoisotopic (exact) mass is 428 g/mol. The molecular formula is C23H16N4O5. The molecular weight excluding hydrogens is 412 g/mol. The van der Waals surface area contributed by atoms with Crippen LogP contribution in [-0.2, 0) is 0 Å². The van der Waals surface area contributed by atoms with Crippen LogP contribution in [0.4, 0.5) is 11.4 Å². The van der Waals surface area contributed by atoms with Gasteiger partial charge in [-0.15, -0.1) is 0 Å². The van der Waals surface area contributed by atoms with Crippen LogP contribution in [0.2, 0.25) is 0 Å². The number of carbonyl (C=O) groups excluding carboxylic acids is 1. The van der Waals surface area contributed by atoms with Crippen molar-refractivity contribution in [2.45, 2.75) is 0 Å². The first-order valence-electron chi connectivity index (χ1n) is 9.48. The summed E-state index contributed by atoms with van der Waals surface area (Å²) < 4.78 is 0. The summed E-state index contributed by atoms with van der Waals surface area (Å²) in [6, 6.07) is 21.0. The number of carbonyl (C=O) groups is 1. The minimum Gasteiger partial charge on any atom is -0.506 e. The van der Waals surface area contributed by atoms with Gasteiger partial charge in [-0.1, -0.05) is 60.7 Å². The van der Waals surface area contributed by atoms with E-state index < -0.39 is 16.4 Å². The van der Waals surface area contributed by atoms with Crippen LogP contribution in [0.15, 0.2) is 83.7 Å². The molecule has 32 heavy (non-hydrogen) atoms. The molecule has 3 aromatic carbocycles. The predicted octanol–water partition coefficient (Wildman–Crippen LogP) is 3.97. The topological polar surface area (TPSA) is 138 Å². The molecule has 158 valence electrons. The van der Waals surface area contributed by atoms with E-state index >= 15 is 0 Å². The van der Waals surface area contributed by atoms with Crippen LogP contribution in [0.1, 0.15) is 10.4 Å². The van der Waals surface area contributed by atoms with Gasteiger partial charge < -0.3 is 10.4 Å². The summed E-state index contributed by atoms with van der Waals surface area (Å²) in [6.45, 7) is 0. The number of aromatic hydroxyl groups is 1. The Morgan fingerprint density at radius 3 is 2.22 bits per heavy atom. The molecule has 4 rings (SSSR count). The number of phenols is 1. The lowest BCUT2D eigenvalue weighted by atomic mass is 9.95. The number of nitrogens with one attached hydrogen (secondary N) is 2. The Bertz CT molecular complexity index is 1370. The highest BCUT2D eigenvalue weighted by Gasteiger charge is 2.24. The van der Waals surface area contributed by atoms with Crippen molar-refractivity contribution in [3.63, 3.8) is 0 Å². The first-order valence-corrected chi connectivity index (χ1v) is 9.48. The predicted molar refractivity (Wildman–Crippen MR) is 118 cm³/mol. The minimum absolute atomic E-state index is 0.194. The quantitative estimate of drug-likeness (QED) is 0.250. The fraction of sp³-hybridized carbons (Fsp3) is 0. The van der Waals surface area contributed by atoms with Crippen LogP contribution < -0.4 is 10.9 Å². The van der Waals surface area contributed by atoms with Crippen molar-refractivity contribution in [3.8, 4) is 28.1 Å². The van der Waals surface area contributed by atoms with Crippen molar-refractivity contribution in [1.82, 2.24) is 10.2 Å². The standard InChI is InChI=1S/C23H16N4O5/c28-18-12-11-16(27(31)32)13-17(18)24-22(29)20-19(14-7-3-1-4-8-14)21(25-26-23(20)30)15-9-5-2-6-10-15/h1-13,28H,(H,24,29)(H,26,30). The molecule has 0 bridgehead atoms. The Labute approximate surface area is 181 Å².